The van der Waals surface area contributed by atoms with Gasteiger partial charge in [-0.1, -0.05) is 13.8 Å². The van der Waals surface area contributed by atoms with Crippen LogP contribution in [0.1, 0.15) is 32.6 Å². The molecule has 1 aliphatic rings. The number of fused-ring (bicyclic) bond motifs is 1. The summed E-state index contributed by atoms with van der Waals surface area (Å²) in [4.78, 5) is 29.5. The smallest absolute Gasteiger partial charge is 0.324 e. The molecular formula is C16H20N4O3. The highest BCUT2D eigenvalue weighted by Crippen LogP contribution is 2.24. The number of hydrogen-bond donors (Lipinski definition) is 2. The number of hydrogen-bond acceptors (Lipinski definition) is 5. The van der Waals surface area contributed by atoms with Gasteiger partial charge in [0, 0.05) is 24.7 Å². The van der Waals surface area contributed by atoms with Gasteiger partial charge in [-0.25, -0.2) is 9.78 Å². The first-order chi connectivity index (χ1) is 11.0. The zero-order chi connectivity index (χ0) is 16.6. The fraction of sp³-hybridized carbons (Fsp3) is 0.438. The molecule has 3 rings (SSSR count). The van der Waals surface area contributed by atoms with Crippen LogP contribution < -0.4 is 10.6 Å². The Bertz CT molecular complexity index is 753. The Morgan fingerprint density at radius 1 is 1.39 bits per heavy atom. The third-order valence-electron chi connectivity index (χ3n) is 3.77. The van der Waals surface area contributed by atoms with Gasteiger partial charge >= 0.3 is 6.03 Å². The van der Waals surface area contributed by atoms with Crippen molar-refractivity contribution in [1.82, 2.24) is 15.2 Å². The van der Waals surface area contributed by atoms with Crippen LogP contribution in [0.3, 0.4) is 0 Å². The highest BCUT2D eigenvalue weighted by molar-refractivity contribution is 5.99. The molecule has 0 saturated carbocycles. The summed E-state index contributed by atoms with van der Waals surface area (Å²) in [6.07, 6.45) is 0. The summed E-state index contributed by atoms with van der Waals surface area (Å²) in [6.45, 7) is 6.68. The topological polar surface area (TPSA) is 87.5 Å². The van der Waals surface area contributed by atoms with Crippen molar-refractivity contribution in [2.75, 3.05) is 18.4 Å². The van der Waals surface area contributed by atoms with Gasteiger partial charge in [0.2, 0.25) is 0 Å². The van der Waals surface area contributed by atoms with Crippen molar-refractivity contribution < 1.29 is 14.0 Å². The first-order valence-corrected chi connectivity index (χ1v) is 7.72. The molecule has 1 aliphatic heterocycles. The van der Waals surface area contributed by atoms with Gasteiger partial charge in [-0.05, 0) is 25.1 Å². The highest BCUT2D eigenvalue weighted by Gasteiger charge is 2.29. The lowest BCUT2D eigenvalue weighted by Gasteiger charge is -2.19. The summed E-state index contributed by atoms with van der Waals surface area (Å²) >= 11 is 0. The Morgan fingerprint density at radius 3 is 2.83 bits per heavy atom. The van der Waals surface area contributed by atoms with Crippen molar-refractivity contribution in [2.24, 2.45) is 0 Å². The number of oxazole rings is 1. The monoisotopic (exact) mass is 316 g/mol. The van der Waals surface area contributed by atoms with Gasteiger partial charge in [-0.2, -0.15) is 0 Å². The van der Waals surface area contributed by atoms with Gasteiger partial charge in [0.15, 0.2) is 11.5 Å². The van der Waals surface area contributed by atoms with Crippen molar-refractivity contribution in [3.8, 4) is 0 Å². The lowest BCUT2D eigenvalue weighted by atomic mass is 10.2. The van der Waals surface area contributed by atoms with E-state index in [2.05, 4.69) is 15.6 Å². The molecule has 2 heterocycles. The molecule has 7 heteroatoms. The number of imide groups is 1. The van der Waals surface area contributed by atoms with Crippen LogP contribution in [0.15, 0.2) is 22.6 Å². The summed E-state index contributed by atoms with van der Waals surface area (Å²) in [7, 11) is 0. The molecule has 1 aromatic carbocycles. The minimum absolute atomic E-state index is 0.216. The third-order valence-corrected chi connectivity index (χ3v) is 3.77. The maximum atomic E-state index is 12.3. The molecule has 23 heavy (non-hydrogen) atoms. The molecule has 7 nitrogen and oxygen atoms in total. The zero-order valence-corrected chi connectivity index (χ0v) is 13.4. The van der Waals surface area contributed by atoms with Crippen molar-refractivity contribution in [3.05, 3.63) is 24.1 Å². The third kappa shape index (κ3) is 2.99. The number of nitrogens with one attached hydrogen (secondary N) is 2. The Hall–Kier alpha value is -2.57. The number of amides is 3. The largest absolute Gasteiger partial charge is 0.440 e. The summed E-state index contributed by atoms with van der Waals surface area (Å²) < 4.78 is 5.67. The Morgan fingerprint density at radius 2 is 2.17 bits per heavy atom. The first-order valence-electron chi connectivity index (χ1n) is 7.72. The van der Waals surface area contributed by atoms with E-state index in [1.165, 1.54) is 4.90 Å². The number of aromatic nitrogens is 1. The summed E-state index contributed by atoms with van der Waals surface area (Å²) in [5, 5.41) is 5.74. The SMILES string of the molecule is CC(C)c1nc2cc(N[C@H](C)C(=O)N3CCNC3=O)ccc2o1. The van der Waals surface area contributed by atoms with E-state index in [1.807, 2.05) is 32.0 Å². The molecule has 3 amide bonds. The molecule has 2 N–H and O–H groups in total. The summed E-state index contributed by atoms with van der Waals surface area (Å²) in [5.41, 5.74) is 2.23. The maximum Gasteiger partial charge on any atom is 0.324 e. The second kappa shape index (κ2) is 5.91. The molecule has 1 saturated heterocycles. The van der Waals surface area contributed by atoms with Crippen LogP contribution in [0, 0.1) is 0 Å². The number of rotatable bonds is 4. The van der Waals surface area contributed by atoms with Gasteiger partial charge < -0.3 is 15.1 Å². The number of anilines is 1. The van der Waals surface area contributed by atoms with Crippen LogP contribution in [0.25, 0.3) is 11.1 Å². The van der Waals surface area contributed by atoms with E-state index in [0.29, 0.717) is 19.0 Å². The van der Waals surface area contributed by atoms with E-state index in [9.17, 15) is 9.59 Å². The van der Waals surface area contributed by atoms with E-state index in [0.717, 1.165) is 16.8 Å². The standard InChI is InChI=1S/C16H20N4O3/c1-9(2)14-19-12-8-11(4-5-13(12)23-14)18-10(3)15(21)20-7-6-17-16(20)22/h4-5,8-10,18H,6-7H2,1-3H3,(H,17,22)/t10-/m1/s1. The van der Waals surface area contributed by atoms with Gasteiger partial charge in [-0.3, -0.25) is 9.69 Å². The number of carbonyl (C=O) groups is 2. The van der Waals surface area contributed by atoms with E-state index in [4.69, 9.17) is 4.42 Å². The van der Waals surface area contributed by atoms with Gasteiger partial charge in [0.25, 0.3) is 5.91 Å². The van der Waals surface area contributed by atoms with E-state index < -0.39 is 6.04 Å². The summed E-state index contributed by atoms with van der Waals surface area (Å²) in [5.74, 6) is 0.658. The first kappa shape index (κ1) is 15.3. The van der Waals surface area contributed by atoms with Crippen molar-refractivity contribution in [3.63, 3.8) is 0 Å². The van der Waals surface area contributed by atoms with E-state index >= 15 is 0 Å². The van der Waals surface area contributed by atoms with Crippen molar-refractivity contribution in [2.45, 2.75) is 32.7 Å². The second-order valence-corrected chi connectivity index (χ2v) is 5.98. The maximum absolute atomic E-state index is 12.3. The molecular weight excluding hydrogens is 296 g/mol. The Balaban J connectivity index is 1.75. The van der Waals surface area contributed by atoms with Crippen LogP contribution in [0.5, 0.6) is 0 Å². The minimum atomic E-state index is -0.507. The molecule has 122 valence electrons. The minimum Gasteiger partial charge on any atom is -0.440 e. The second-order valence-electron chi connectivity index (χ2n) is 5.98. The van der Waals surface area contributed by atoms with Crippen molar-refractivity contribution >= 4 is 28.7 Å². The van der Waals surface area contributed by atoms with Crippen LogP contribution in [-0.2, 0) is 4.79 Å². The number of urea groups is 1. The molecule has 0 aliphatic carbocycles. The number of benzene rings is 1. The molecule has 0 spiro atoms. The summed E-state index contributed by atoms with van der Waals surface area (Å²) in [6, 6.07) is 4.67. The van der Waals surface area contributed by atoms with Crippen LogP contribution in [0.2, 0.25) is 0 Å². The van der Waals surface area contributed by atoms with E-state index in [1.54, 1.807) is 6.92 Å². The Kier molecular flexibility index (Phi) is 3.94. The molecule has 1 fully saturated rings. The highest BCUT2D eigenvalue weighted by atomic mass is 16.3. The number of nitrogens with zero attached hydrogens (tertiary/aromatic N) is 2. The average molecular weight is 316 g/mol. The molecule has 0 radical (unpaired) electrons. The predicted octanol–water partition coefficient (Wildman–Crippen LogP) is 2.30. The fourth-order valence-electron chi connectivity index (χ4n) is 2.51. The molecule has 1 atom stereocenters. The molecule has 1 aromatic heterocycles. The normalized spacial score (nSPS) is 16.0. The van der Waals surface area contributed by atoms with Gasteiger partial charge in [0.1, 0.15) is 11.6 Å². The zero-order valence-electron chi connectivity index (χ0n) is 13.4. The molecule has 2 aromatic rings. The van der Waals surface area contributed by atoms with Gasteiger partial charge in [0.05, 0.1) is 0 Å². The molecule has 0 unspecified atom stereocenters. The molecule has 0 bridgehead atoms. The van der Waals surface area contributed by atoms with Crippen LogP contribution in [-0.4, -0.2) is 41.0 Å². The number of carbonyl (C=O) groups excluding carboxylic acids is 2. The van der Waals surface area contributed by atoms with Gasteiger partial charge in [-0.15, -0.1) is 0 Å². The van der Waals surface area contributed by atoms with E-state index in [-0.39, 0.29) is 17.9 Å². The van der Waals surface area contributed by atoms with Crippen LogP contribution >= 0.6 is 0 Å². The lowest BCUT2D eigenvalue weighted by Crippen LogP contribution is -2.43. The lowest BCUT2D eigenvalue weighted by molar-refractivity contribution is -0.128. The quantitative estimate of drug-likeness (QED) is 0.903. The predicted molar refractivity (Wildman–Crippen MR) is 86.3 cm³/mol. The fourth-order valence-corrected chi connectivity index (χ4v) is 2.51. The average Bonchev–Trinajstić information content (AvgIpc) is 3.12. The van der Waals surface area contributed by atoms with Crippen LogP contribution in [0.4, 0.5) is 10.5 Å². The van der Waals surface area contributed by atoms with Crippen molar-refractivity contribution in [1.29, 1.82) is 0 Å². The Labute approximate surface area is 134 Å².